The maximum Gasteiger partial charge on any atom is 0.356 e. The van der Waals surface area contributed by atoms with Gasteiger partial charge in [-0.1, -0.05) is 18.2 Å². The van der Waals surface area contributed by atoms with Crippen LogP contribution in [0.4, 0.5) is 22.7 Å². The molecule has 0 atom stereocenters. The van der Waals surface area contributed by atoms with E-state index in [4.69, 9.17) is 0 Å². The third kappa shape index (κ3) is 3.87. The summed E-state index contributed by atoms with van der Waals surface area (Å²) in [4.78, 5) is 42.5. The molecule has 0 saturated heterocycles. The number of rotatable bonds is 7. The first-order valence-electron chi connectivity index (χ1n) is 8.53. The van der Waals surface area contributed by atoms with Crippen molar-refractivity contribution in [1.82, 2.24) is 0 Å². The number of pyridine rings is 1. The number of para-hydroxylation sites is 2. The smallest absolute Gasteiger partial charge is 0.258 e. The lowest BCUT2D eigenvalue weighted by atomic mass is 9.94. The molecule has 0 aliphatic rings. The summed E-state index contributed by atoms with van der Waals surface area (Å²) in [6.45, 7) is 0. The van der Waals surface area contributed by atoms with Gasteiger partial charge in [0.05, 0.1) is 19.7 Å². The Balaban J connectivity index is 2.46. The van der Waals surface area contributed by atoms with Crippen molar-refractivity contribution in [3.05, 3.63) is 119 Å². The highest BCUT2D eigenvalue weighted by molar-refractivity contribution is 5.64. The van der Waals surface area contributed by atoms with E-state index in [0.717, 1.165) is 12.1 Å². The first-order valence-corrected chi connectivity index (χ1v) is 8.53. The minimum atomic E-state index is -1.33. The van der Waals surface area contributed by atoms with Crippen molar-refractivity contribution in [3.63, 3.8) is 0 Å². The van der Waals surface area contributed by atoms with Gasteiger partial charge < -0.3 is 0 Å². The summed E-state index contributed by atoms with van der Waals surface area (Å²) in [5, 5.41) is 46.3. The van der Waals surface area contributed by atoms with E-state index < -0.39 is 48.5 Å². The van der Waals surface area contributed by atoms with E-state index in [-0.39, 0.29) is 11.1 Å². The summed E-state index contributed by atoms with van der Waals surface area (Å²) in [7, 11) is 0. The number of hydrogen-bond acceptors (Lipinski definition) is 8. The lowest BCUT2D eigenvalue weighted by Gasteiger charge is -2.14. The fourth-order valence-electron chi connectivity index (χ4n) is 3.30. The second kappa shape index (κ2) is 8.28. The highest BCUT2D eigenvalue weighted by Gasteiger charge is 2.42. The third-order valence-electron chi connectivity index (χ3n) is 4.48. The minimum Gasteiger partial charge on any atom is -0.258 e. The van der Waals surface area contributed by atoms with Gasteiger partial charge in [0, 0.05) is 24.3 Å². The van der Waals surface area contributed by atoms with E-state index in [1.54, 1.807) is 18.2 Å². The molecule has 0 spiro atoms. The first kappa shape index (κ1) is 20.9. The van der Waals surface area contributed by atoms with Crippen LogP contribution in [0.3, 0.4) is 0 Å². The van der Waals surface area contributed by atoms with Crippen LogP contribution in [-0.2, 0) is 0 Å². The SMILES string of the molecule is O=[N+]([O-])c1cccc(C(c2cccc([N+](=O)[O-])c2[N+](=O)[O-])[n+]2ccccc2)c1[N+](=O)[O-]. The van der Waals surface area contributed by atoms with E-state index >= 15 is 0 Å². The molecule has 0 aliphatic heterocycles. The van der Waals surface area contributed by atoms with Gasteiger partial charge in [-0.25, -0.2) is 0 Å². The predicted molar refractivity (Wildman–Crippen MR) is 103 cm³/mol. The summed E-state index contributed by atoms with van der Waals surface area (Å²) in [5.74, 6) is 0. The molecular weight excluding hydrogens is 414 g/mol. The predicted octanol–water partition coefficient (Wildman–Crippen LogP) is 3.24. The standard InChI is InChI=1S/C18H12N5O8/c24-20(25)14-8-4-6-12(17(14)22(28)29)16(19-10-2-1-3-11-19)13-7-5-9-15(21(26)27)18(13)23(30)31/h1-11,16H/q+1. The van der Waals surface area contributed by atoms with Crippen molar-refractivity contribution in [2.45, 2.75) is 6.04 Å². The van der Waals surface area contributed by atoms with Gasteiger partial charge in [0.25, 0.3) is 0 Å². The Morgan fingerprint density at radius 3 is 1.35 bits per heavy atom. The van der Waals surface area contributed by atoms with Gasteiger partial charge in [-0.15, -0.1) is 0 Å². The lowest BCUT2D eigenvalue weighted by molar-refractivity contribution is -0.705. The Morgan fingerprint density at radius 1 is 0.581 bits per heavy atom. The molecule has 0 fully saturated rings. The third-order valence-corrected chi connectivity index (χ3v) is 4.48. The molecule has 3 rings (SSSR count). The Bertz CT molecular complexity index is 1140. The zero-order chi connectivity index (χ0) is 22.7. The summed E-state index contributed by atoms with van der Waals surface area (Å²) in [5.41, 5.74) is -3.82. The molecule has 1 heterocycles. The van der Waals surface area contributed by atoms with Crippen molar-refractivity contribution in [2.24, 2.45) is 0 Å². The second-order valence-corrected chi connectivity index (χ2v) is 6.18. The van der Waals surface area contributed by atoms with Gasteiger partial charge in [-0.05, 0) is 12.1 Å². The zero-order valence-corrected chi connectivity index (χ0v) is 15.4. The van der Waals surface area contributed by atoms with Crippen molar-refractivity contribution in [3.8, 4) is 0 Å². The molecule has 0 aliphatic carbocycles. The van der Waals surface area contributed by atoms with Gasteiger partial charge in [-0.2, -0.15) is 4.57 Å². The molecule has 156 valence electrons. The highest BCUT2D eigenvalue weighted by Crippen LogP contribution is 2.41. The molecule has 13 heteroatoms. The number of nitro benzene ring substituents is 4. The maximum absolute atomic E-state index is 11.8. The highest BCUT2D eigenvalue weighted by atomic mass is 16.6. The van der Waals surface area contributed by atoms with Crippen LogP contribution in [-0.4, -0.2) is 19.7 Å². The first-order chi connectivity index (χ1) is 14.7. The van der Waals surface area contributed by atoms with Crippen LogP contribution >= 0.6 is 0 Å². The summed E-state index contributed by atoms with van der Waals surface area (Å²) < 4.78 is 1.35. The molecule has 0 unspecified atom stereocenters. The average Bonchev–Trinajstić information content (AvgIpc) is 2.74. The molecule has 0 N–H and O–H groups in total. The topological polar surface area (TPSA) is 176 Å². The normalized spacial score (nSPS) is 10.6. The fourth-order valence-corrected chi connectivity index (χ4v) is 3.30. The second-order valence-electron chi connectivity index (χ2n) is 6.18. The largest absolute Gasteiger partial charge is 0.356 e. The number of nitrogens with zero attached hydrogens (tertiary/aromatic N) is 5. The summed E-state index contributed by atoms with van der Waals surface area (Å²) in [6.07, 6.45) is 2.88. The summed E-state index contributed by atoms with van der Waals surface area (Å²) >= 11 is 0. The molecule has 0 saturated carbocycles. The van der Waals surface area contributed by atoms with Crippen molar-refractivity contribution < 1.29 is 24.3 Å². The van der Waals surface area contributed by atoms with E-state index in [0.29, 0.717) is 0 Å². The van der Waals surface area contributed by atoms with Gasteiger partial charge in [0.1, 0.15) is 11.1 Å². The molecular formula is C18H12N5O8+. The van der Waals surface area contributed by atoms with E-state index in [1.165, 1.54) is 41.2 Å². The van der Waals surface area contributed by atoms with Crippen LogP contribution in [0.5, 0.6) is 0 Å². The fraction of sp³-hybridized carbons (Fsp3) is 0.0556. The van der Waals surface area contributed by atoms with Crippen molar-refractivity contribution >= 4 is 22.7 Å². The van der Waals surface area contributed by atoms with E-state index in [2.05, 4.69) is 0 Å². The van der Waals surface area contributed by atoms with E-state index in [1.807, 2.05) is 0 Å². The Hall–Kier alpha value is -4.81. The van der Waals surface area contributed by atoms with Crippen LogP contribution in [0, 0.1) is 40.5 Å². The van der Waals surface area contributed by atoms with Crippen LogP contribution in [0.2, 0.25) is 0 Å². The van der Waals surface area contributed by atoms with Crippen LogP contribution in [0.15, 0.2) is 67.0 Å². The van der Waals surface area contributed by atoms with Crippen molar-refractivity contribution in [2.75, 3.05) is 0 Å². The number of nitro groups is 4. The molecule has 0 bridgehead atoms. The van der Waals surface area contributed by atoms with Gasteiger partial charge in [0.2, 0.25) is 6.04 Å². The molecule has 0 radical (unpaired) electrons. The number of hydrogen-bond donors (Lipinski definition) is 0. The Morgan fingerprint density at radius 2 is 1.00 bits per heavy atom. The van der Waals surface area contributed by atoms with Crippen LogP contribution in [0.25, 0.3) is 0 Å². The molecule has 13 nitrogen and oxygen atoms in total. The van der Waals surface area contributed by atoms with E-state index in [9.17, 15) is 40.5 Å². The molecule has 31 heavy (non-hydrogen) atoms. The minimum absolute atomic E-state index is 0.237. The summed E-state index contributed by atoms with van der Waals surface area (Å²) in [6, 6.07) is 10.1. The van der Waals surface area contributed by atoms with Gasteiger partial charge >= 0.3 is 22.7 Å². The van der Waals surface area contributed by atoms with Crippen LogP contribution < -0.4 is 4.57 Å². The maximum atomic E-state index is 11.8. The Kier molecular flexibility index (Phi) is 5.59. The molecule has 2 aromatic carbocycles. The van der Waals surface area contributed by atoms with Gasteiger partial charge in [-0.3, -0.25) is 40.5 Å². The lowest BCUT2D eigenvalue weighted by Crippen LogP contribution is -2.40. The average molecular weight is 426 g/mol. The van der Waals surface area contributed by atoms with Crippen LogP contribution in [0.1, 0.15) is 17.2 Å². The quantitative estimate of drug-likeness (QED) is 0.314. The zero-order valence-electron chi connectivity index (χ0n) is 15.4. The Labute approximate surface area is 172 Å². The number of benzene rings is 2. The molecule has 3 aromatic rings. The molecule has 1 aromatic heterocycles. The number of aromatic nitrogens is 1. The van der Waals surface area contributed by atoms with Gasteiger partial charge in [0.15, 0.2) is 12.4 Å². The monoisotopic (exact) mass is 426 g/mol. The molecule has 0 amide bonds. The van der Waals surface area contributed by atoms with Crippen molar-refractivity contribution in [1.29, 1.82) is 0 Å².